The molecule has 0 saturated carbocycles. The Balaban J connectivity index is 1.71. The number of carbonyl (C=O) groups is 1. The summed E-state index contributed by atoms with van der Waals surface area (Å²) in [6.07, 6.45) is 1.48. The minimum atomic E-state index is -0.513. The van der Waals surface area contributed by atoms with E-state index >= 15 is 0 Å². The summed E-state index contributed by atoms with van der Waals surface area (Å²) >= 11 is 1.49. The van der Waals surface area contributed by atoms with E-state index in [9.17, 15) is 9.18 Å². The van der Waals surface area contributed by atoms with E-state index in [4.69, 9.17) is 4.98 Å². The first-order valence-electron chi connectivity index (χ1n) is 8.63. The number of hydrogen-bond acceptors (Lipinski definition) is 5. The number of halogens is 1. The second-order valence-corrected chi connectivity index (χ2v) is 7.69. The average Bonchev–Trinajstić information content (AvgIpc) is 2.99. The lowest BCUT2D eigenvalue weighted by Gasteiger charge is -2.10. The van der Waals surface area contributed by atoms with Crippen molar-refractivity contribution in [2.24, 2.45) is 0 Å². The molecular weight excluding hydrogens is 363 g/mol. The van der Waals surface area contributed by atoms with Gasteiger partial charge in [-0.25, -0.2) is 9.97 Å². The maximum absolute atomic E-state index is 13.1. The van der Waals surface area contributed by atoms with Crippen LogP contribution in [-0.4, -0.2) is 28.5 Å². The SMILES string of the molecule is C[C@@H]1CNc2c(sc3ccc4nc(-c5ccc(F)nc5)ccc4c23)C(=O)N1. The highest BCUT2D eigenvalue weighted by Crippen LogP contribution is 2.41. The van der Waals surface area contributed by atoms with E-state index in [1.807, 2.05) is 31.2 Å². The molecule has 5 rings (SSSR count). The lowest BCUT2D eigenvalue weighted by molar-refractivity contribution is 0.0949. The highest BCUT2D eigenvalue weighted by atomic mass is 32.1. The molecule has 0 spiro atoms. The predicted octanol–water partition coefficient (Wildman–Crippen LogP) is 4.19. The summed E-state index contributed by atoms with van der Waals surface area (Å²) in [6, 6.07) is 10.9. The van der Waals surface area contributed by atoms with Crippen molar-refractivity contribution >= 4 is 43.9 Å². The topological polar surface area (TPSA) is 66.9 Å². The van der Waals surface area contributed by atoms with Gasteiger partial charge in [-0.3, -0.25) is 4.79 Å². The third-order valence-electron chi connectivity index (χ3n) is 4.71. The lowest BCUT2D eigenvalue weighted by atomic mass is 10.1. The third kappa shape index (κ3) is 2.62. The van der Waals surface area contributed by atoms with Crippen LogP contribution in [0, 0.1) is 5.95 Å². The summed E-state index contributed by atoms with van der Waals surface area (Å²) in [5.41, 5.74) is 3.19. The number of carbonyl (C=O) groups excluding carboxylic acids is 1. The molecule has 1 aliphatic heterocycles. The van der Waals surface area contributed by atoms with Gasteiger partial charge < -0.3 is 10.6 Å². The van der Waals surface area contributed by atoms with Crippen molar-refractivity contribution in [3.8, 4) is 11.3 Å². The van der Waals surface area contributed by atoms with Crippen LogP contribution in [0.3, 0.4) is 0 Å². The summed E-state index contributed by atoms with van der Waals surface area (Å²) in [7, 11) is 0. The number of thiophene rings is 1. The van der Waals surface area contributed by atoms with Crippen molar-refractivity contribution in [2.45, 2.75) is 13.0 Å². The molecule has 1 aliphatic rings. The number of fused-ring (bicyclic) bond motifs is 5. The number of pyridine rings is 2. The van der Waals surface area contributed by atoms with E-state index in [1.165, 1.54) is 23.6 Å². The maximum atomic E-state index is 13.1. The molecule has 0 bridgehead atoms. The number of hydrogen-bond donors (Lipinski definition) is 2. The van der Waals surface area contributed by atoms with E-state index in [0.717, 1.165) is 37.9 Å². The van der Waals surface area contributed by atoms with Crippen LogP contribution < -0.4 is 10.6 Å². The molecule has 5 nitrogen and oxygen atoms in total. The van der Waals surface area contributed by atoms with Crippen molar-refractivity contribution in [3.63, 3.8) is 0 Å². The van der Waals surface area contributed by atoms with Gasteiger partial charge in [0.2, 0.25) is 5.95 Å². The number of anilines is 1. The average molecular weight is 378 g/mol. The largest absolute Gasteiger partial charge is 0.381 e. The minimum Gasteiger partial charge on any atom is -0.381 e. The van der Waals surface area contributed by atoms with Gasteiger partial charge in [-0.15, -0.1) is 11.3 Å². The van der Waals surface area contributed by atoms with Crippen LogP contribution in [0.1, 0.15) is 16.6 Å². The van der Waals surface area contributed by atoms with Crippen LogP contribution in [0.15, 0.2) is 42.6 Å². The maximum Gasteiger partial charge on any atom is 0.263 e. The number of rotatable bonds is 1. The summed E-state index contributed by atoms with van der Waals surface area (Å²) in [4.78, 5) is 21.6. The second kappa shape index (κ2) is 5.99. The summed E-state index contributed by atoms with van der Waals surface area (Å²) in [5, 5.41) is 8.42. The number of amides is 1. The first-order chi connectivity index (χ1) is 13.1. The number of benzene rings is 1. The molecule has 0 unspecified atom stereocenters. The molecule has 1 aromatic carbocycles. The Kier molecular flexibility index (Phi) is 3.58. The zero-order chi connectivity index (χ0) is 18.5. The molecule has 7 heteroatoms. The van der Waals surface area contributed by atoms with Crippen molar-refractivity contribution in [2.75, 3.05) is 11.9 Å². The van der Waals surface area contributed by atoms with Crippen LogP contribution in [-0.2, 0) is 0 Å². The van der Waals surface area contributed by atoms with E-state index in [0.29, 0.717) is 11.4 Å². The van der Waals surface area contributed by atoms with E-state index in [2.05, 4.69) is 15.6 Å². The van der Waals surface area contributed by atoms with Crippen LogP contribution in [0.25, 0.3) is 32.2 Å². The van der Waals surface area contributed by atoms with Crippen LogP contribution in [0.4, 0.5) is 10.1 Å². The van der Waals surface area contributed by atoms with Crippen LogP contribution in [0.2, 0.25) is 0 Å². The van der Waals surface area contributed by atoms with Crippen molar-refractivity contribution in [1.29, 1.82) is 0 Å². The number of aromatic nitrogens is 2. The number of nitrogens with zero attached hydrogens (tertiary/aromatic N) is 2. The highest BCUT2D eigenvalue weighted by molar-refractivity contribution is 7.21. The molecule has 0 saturated heterocycles. The van der Waals surface area contributed by atoms with Crippen molar-refractivity contribution in [3.05, 3.63) is 53.4 Å². The van der Waals surface area contributed by atoms with Gasteiger partial charge in [0, 0.05) is 39.8 Å². The molecule has 3 aromatic heterocycles. The summed E-state index contributed by atoms with van der Waals surface area (Å²) in [5.74, 6) is -0.556. The molecular formula is C20H15FN4OS. The van der Waals surface area contributed by atoms with Crippen molar-refractivity contribution < 1.29 is 9.18 Å². The third-order valence-corrected chi connectivity index (χ3v) is 5.87. The van der Waals surface area contributed by atoms with Gasteiger partial charge in [0.15, 0.2) is 0 Å². The molecule has 0 fully saturated rings. The normalized spacial score (nSPS) is 16.7. The molecule has 2 N–H and O–H groups in total. The predicted molar refractivity (Wildman–Crippen MR) is 106 cm³/mol. The summed E-state index contributed by atoms with van der Waals surface area (Å²) < 4.78 is 14.1. The Bertz CT molecular complexity index is 1200. The molecule has 4 aromatic rings. The Morgan fingerprint density at radius 1 is 1.19 bits per heavy atom. The Hall–Kier alpha value is -3.06. The fourth-order valence-corrected chi connectivity index (χ4v) is 4.51. The van der Waals surface area contributed by atoms with Gasteiger partial charge in [-0.2, -0.15) is 4.39 Å². The molecule has 27 heavy (non-hydrogen) atoms. The Morgan fingerprint density at radius 2 is 2.07 bits per heavy atom. The van der Waals surface area contributed by atoms with Gasteiger partial charge in [-0.05, 0) is 43.3 Å². The molecule has 0 aliphatic carbocycles. The van der Waals surface area contributed by atoms with E-state index < -0.39 is 5.95 Å². The lowest BCUT2D eigenvalue weighted by Crippen LogP contribution is -2.34. The Morgan fingerprint density at radius 3 is 2.89 bits per heavy atom. The van der Waals surface area contributed by atoms with Gasteiger partial charge in [0.05, 0.1) is 16.9 Å². The monoisotopic (exact) mass is 378 g/mol. The Labute approximate surface area is 158 Å². The van der Waals surface area contributed by atoms with Crippen molar-refractivity contribution in [1.82, 2.24) is 15.3 Å². The molecule has 1 atom stereocenters. The fraction of sp³-hybridized carbons (Fsp3) is 0.150. The van der Waals surface area contributed by atoms with Gasteiger partial charge in [0.25, 0.3) is 5.91 Å². The molecule has 4 heterocycles. The number of nitrogens with one attached hydrogen (secondary N) is 2. The fourth-order valence-electron chi connectivity index (χ4n) is 3.41. The smallest absolute Gasteiger partial charge is 0.263 e. The standard InChI is InChI=1S/C20H15FN4OS/c1-10-8-23-18-17-12-3-4-13(11-2-7-16(21)22-9-11)25-14(12)5-6-15(17)27-19(18)20(26)24-10/h2-7,9-10,23H,8H2,1H3,(H,24,26)/t10-/m1/s1. The van der Waals surface area contributed by atoms with Crippen LogP contribution in [0.5, 0.6) is 0 Å². The second-order valence-electron chi connectivity index (χ2n) is 6.63. The molecule has 1 amide bonds. The zero-order valence-electron chi connectivity index (χ0n) is 14.4. The zero-order valence-corrected chi connectivity index (χ0v) is 15.2. The quantitative estimate of drug-likeness (QED) is 0.487. The first kappa shape index (κ1) is 16.1. The van der Waals surface area contributed by atoms with Crippen LogP contribution >= 0.6 is 11.3 Å². The minimum absolute atomic E-state index is 0.0428. The summed E-state index contributed by atoms with van der Waals surface area (Å²) in [6.45, 7) is 2.65. The first-order valence-corrected chi connectivity index (χ1v) is 9.45. The van der Waals surface area contributed by atoms with E-state index in [1.54, 1.807) is 6.07 Å². The molecule has 0 radical (unpaired) electrons. The van der Waals surface area contributed by atoms with Gasteiger partial charge in [-0.1, -0.05) is 0 Å². The molecule has 134 valence electrons. The van der Waals surface area contributed by atoms with Gasteiger partial charge in [0.1, 0.15) is 4.88 Å². The highest BCUT2D eigenvalue weighted by Gasteiger charge is 2.24. The van der Waals surface area contributed by atoms with E-state index in [-0.39, 0.29) is 11.9 Å². The van der Waals surface area contributed by atoms with Gasteiger partial charge >= 0.3 is 0 Å².